The largest absolute Gasteiger partial charge is 0.497 e. The van der Waals surface area contributed by atoms with E-state index in [1.165, 1.54) is 0 Å². The summed E-state index contributed by atoms with van der Waals surface area (Å²) >= 11 is 0. The molecule has 1 aromatic heterocycles. The topological polar surface area (TPSA) is 67.6 Å². The molecule has 134 valence electrons. The van der Waals surface area contributed by atoms with Crippen LogP contribution in [-0.4, -0.2) is 29.7 Å². The van der Waals surface area contributed by atoms with Crippen LogP contribution in [0.1, 0.15) is 49.2 Å². The lowest BCUT2D eigenvalue weighted by Crippen LogP contribution is -2.39. The minimum atomic E-state index is -0.0645. The number of hydrogen-bond donors (Lipinski definition) is 1. The van der Waals surface area contributed by atoms with Gasteiger partial charge in [0, 0.05) is 25.6 Å². The minimum Gasteiger partial charge on any atom is -0.497 e. The molecule has 0 radical (unpaired) electrons. The highest BCUT2D eigenvalue weighted by molar-refractivity contribution is 5.75. The van der Waals surface area contributed by atoms with Crippen molar-refractivity contribution in [3.63, 3.8) is 0 Å². The summed E-state index contributed by atoms with van der Waals surface area (Å²) < 4.78 is 10.6. The van der Waals surface area contributed by atoms with Gasteiger partial charge >= 0.3 is 6.03 Å². The number of ether oxygens (including phenoxy) is 1. The highest BCUT2D eigenvalue weighted by Gasteiger charge is 2.32. The summed E-state index contributed by atoms with van der Waals surface area (Å²) in [5.41, 5.74) is 1.87. The van der Waals surface area contributed by atoms with E-state index >= 15 is 0 Å². The van der Waals surface area contributed by atoms with Crippen molar-refractivity contribution >= 4 is 6.03 Å². The fraction of sp³-hybridized carbons (Fsp3) is 0.474. The monoisotopic (exact) mass is 343 g/mol. The van der Waals surface area contributed by atoms with Crippen LogP contribution in [0, 0.1) is 0 Å². The van der Waals surface area contributed by atoms with Crippen LogP contribution < -0.4 is 10.1 Å². The third-order valence-corrected chi connectivity index (χ3v) is 4.51. The standard InChI is InChI=1S/C19H25N3O3/c1-3-6-16-12-17(21-25-16)18-9-5-10-22(18)19(23)20-13-14-7-4-8-15(11-14)24-2/h4,7-8,11-12,18H,3,5-6,9-10,13H2,1-2H3,(H,20,23)/t18-/m0/s1. The van der Waals surface area contributed by atoms with E-state index in [9.17, 15) is 4.79 Å². The van der Waals surface area contributed by atoms with Crippen molar-refractivity contribution in [2.75, 3.05) is 13.7 Å². The summed E-state index contributed by atoms with van der Waals surface area (Å²) in [6.07, 6.45) is 3.80. The normalized spacial score (nSPS) is 16.9. The Kier molecular flexibility index (Phi) is 5.58. The molecule has 1 N–H and O–H groups in total. The van der Waals surface area contributed by atoms with Crippen LogP contribution in [0.25, 0.3) is 0 Å². The SMILES string of the molecule is CCCc1cc([C@@H]2CCCN2C(=O)NCc2cccc(OC)c2)no1. The maximum Gasteiger partial charge on any atom is 0.318 e. The number of amides is 2. The minimum absolute atomic E-state index is 0.000310. The third kappa shape index (κ3) is 4.13. The molecule has 0 spiro atoms. The second-order valence-corrected chi connectivity index (χ2v) is 6.33. The molecule has 1 fully saturated rings. The van der Waals surface area contributed by atoms with Crippen molar-refractivity contribution in [3.05, 3.63) is 47.3 Å². The quantitative estimate of drug-likeness (QED) is 0.869. The molecule has 0 bridgehead atoms. The lowest BCUT2D eigenvalue weighted by Gasteiger charge is -2.23. The average Bonchev–Trinajstić information content (AvgIpc) is 3.29. The number of carbonyl (C=O) groups is 1. The van der Waals surface area contributed by atoms with E-state index in [1.54, 1.807) is 7.11 Å². The van der Waals surface area contributed by atoms with Gasteiger partial charge in [-0.05, 0) is 37.0 Å². The average molecular weight is 343 g/mol. The number of hydrogen-bond acceptors (Lipinski definition) is 4. The Morgan fingerprint density at radius 1 is 1.44 bits per heavy atom. The summed E-state index contributed by atoms with van der Waals surface area (Å²) in [6, 6.07) is 9.63. The molecule has 6 heteroatoms. The molecule has 0 aliphatic carbocycles. The first kappa shape index (κ1) is 17.3. The summed E-state index contributed by atoms with van der Waals surface area (Å²) in [6.45, 7) is 3.32. The molecular formula is C19H25N3O3. The summed E-state index contributed by atoms with van der Waals surface area (Å²) in [4.78, 5) is 14.5. The number of likely N-dealkylation sites (tertiary alicyclic amines) is 1. The maximum absolute atomic E-state index is 12.6. The van der Waals surface area contributed by atoms with Gasteiger partial charge in [-0.15, -0.1) is 0 Å². The Hall–Kier alpha value is -2.50. The van der Waals surface area contributed by atoms with Gasteiger partial charge in [0.15, 0.2) is 0 Å². The van der Waals surface area contributed by atoms with Gasteiger partial charge in [-0.3, -0.25) is 0 Å². The molecule has 0 unspecified atom stereocenters. The van der Waals surface area contributed by atoms with Gasteiger partial charge in [-0.1, -0.05) is 24.2 Å². The summed E-state index contributed by atoms with van der Waals surface area (Å²) in [7, 11) is 1.64. The number of aromatic nitrogens is 1. The second kappa shape index (κ2) is 8.05. The number of carbonyl (C=O) groups excluding carboxylic acids is 1. The van der Waals surface area contributed by atoms with Gasteiger partial charge in [-0.25, -0.2) is 4.79 Å². The van der Waals surface area contributed by atoms with Crippen LogP contribution in [0.15, 0.2) is 34.9 Å². The van der Waals surface area contributed by atoms with Gasteiger partial charge in [-0.2, -0.15) is 0 Å². The summed E-state index contributed by atoms with van der Waals surface area (Å²) in [5.74, 6) is 1.68. The van der Waals surface area contributed by atoms with Crippen molar-refractivity contribution < 1.29 is 14.1 Å². The molecule has 2 aromatic rings. The second-order valence-electron chi connectivity index (χ2n) is 6.33. The van der Waals surface area contributed by atoms with E-state index < -0.39 is 0 Å². The number of benzene rings is 1. The molecule has 1 aromatic carbocycles. The van der Waals surface area contributed by atoms with E-state index in [2.05, 4.69) is 17.4 Å². The van der Waals surface area contributed by atoms with E-state index in [4.69, 9.17) is 9.26 Å². The first-order valence-corrected chi connectivity index (χ1v) is 8.84. The van der Waals surface area contributed by atoms with Crippen molar-refractivity contribution in [3.8, 4) is 5.75 Å². The van der Waals surface area contributed by atoms with Gasteiger partial charge in [0.05, 0.1) is 13.2 Å². The predicted octanol–water partition coefficient (Wildman–Crippen LogP) is 3.68. The van der Waals surface area contributed by atoms with Crippen LogP contribution in [0.4, 0.5) is 4.79 Å². The van der Waals surface area contributed by atoms with Gasteiger partial charge in [0.25, 0.3) is 0 Å². The zero-order chi connectivity index (χ0) is 17.6. The predicted molar refractivity (Wildman–Crippen MR) is 94.4 cm³/mol. The van der Waals surface area contributed by atoms with Gasteiger partial charge in [0.2, 0.25) is 0 Å². The maximum atomic E-state index is 12.6. The van der Waals surface area contributed by atoms with E-state index in [0.29, 0.717) is 6.54 Å². The van der Waals surface area contributed by atoms with E-state index in [1.807, 2.05) is 35.2 Å². The van der Waals surface area contributed by atoms with Crippen LogP contribution >= 0.6 is 0 Å². The van der Waals surface area contributed by atoms with Crippen molar-refractivity contribution in [1.29, 1.82) is 0 Å². The van der Waals surface area contributed by atoms with Crippen molar-refractivity contribution in [1.82, 2.24) is 15.4 Å². The molecule has 0 saturated carbocycles. The number of nitrogens with zero attached hydrogens (tertiary/aromatic N) is 2. The third-order valence-electron chi connectivity index (χ3n) is 4.51. The molecule has 2 amide bonds. The first-order chi connectivity index (χ1) is 12.2. The number of urea groups is 1. The molecule has 2 heterocycles. The molecule has 1 atom stereocenters. The molecule has 25 heavy (non-hydrogen) atoms. The Balaban J connectivity index is 1.61. The van der Waals surface area contributed by atoms with Crippen LogP contribution in [0.5, 0.6) is 5.75 Å². The van der Waals surface area contributed by atoms with Crippen LogP contribution in [0.3, 0.4) is 0 Å². The Morgan fingerprint density at radius 3 is 3.12 bits per heavy atom. The molecule has 1 aliphatic heterocycles. The highest BCUT2D eigenvalue weighted by Crippen LogP contribution is 2.31. The lowest BCUT2D eigenvalue weighted by atomic mass is 10.1. The number of nitrogens with one attached hydrogen (secondary N) is 1. The number of rotatable bonds is 6. The number of aryl methyl sites for hydroxylation is 1. The lowest BCUT2D eigenvalue weighted by molar-refractivity contribution is 0.190. The van der Waals surface area contributed by atoms with Gasteiger partial charge in [0.1, 0.15) is 17.2 Å². The van der Waals surface area contributed by atoms with Gasteiger partial charge < -0.3 is 19.5 Å². The van der Waals surface area contributed by atoms with Crippen molar-refractivity contribution in [2.45, 2.75) is 45.2 Å². The van der Waals surface area contributed by atoms with Crippen molar-refractivity contribution in [2.24, 2.45) is 0 Å². The smallest absolute Gasteiger partial charge is 0.318 e. The molecule has 1 aliphatic rings. The molecular weight excluding hydrogens is 318 g/mol. The number of methoxy groups -OCH3 is 1. The summed E-state index contributed by atoms with van der Waals surface area (Å²) in [5, 5.41) is 7.17. The zero-order valence-electron chi connectivity index (χ0n) is 14.8. The Morgan fingerprint density at radius 2 is 2.32 bits per heavy atom. The highest BCUT2D eigenvalue weighted by atomic mass is 16.5. The molecule has 3 rings (SSSR count). The first-order valence-electron chi connectivity index (χ1n) is 8.84. The van der Waals surface area contributed by atoms with E-state index in [-0.39, 0.29) is 12.1 Å². The van der Waals surface area contributed by atoms with Crippen LogP contribution in [-0.2, 0) is 13.0 Å². The fourth-order valence-corrected chi connectivity index (χ4v) is 3.23. The molecule has 1 saturated heterocycles. The zero-order valence-corrected chi connectivity index (χ0v) is 14.8. The van der Waals surface area contributed by atoms with Crippen LogP contribution in [0.2, 0.25) is 0 Å². The molecule has 6 nitrogen and oxygen atoms in total. The Labute approximate surface area is 148 Å². The van der Waals surface area contributed by atoms with E-state index in [0.717, 1.165) is 55.0 Å². The Bertz CT molecular complexity index is 713. The fourth-order valence-electron chi connectivity index (χ4n) is 3.23.